The number of rotatable bonds is 11. The van der Waals surface area contributed by atoms with Crippen LogP contribution in [0, 0.1) is 12.7 Å². The van der Waals surface area contributed by atoms with Crippen LogP contribution >= 0.6 is 0 Å². The monoisotopic (exact) mass is 476 g/mol. The molecular weight excluding hydrogens is 439 g/mol. The average molecular weight is 477 g/mol. The molecule has 186 valence electrons. The first-order chi connectivity index (χ1) is 17.0. The highest BCUT2D eigenvalue weighted by atomic mass is 19.1. The van der Waals surface area contributed by atoms with Crippen LogP contribution in [0.2, 0.25) is 0 Å². The maximum absolute atomic E-state index is 13.4. The Bertz CT molecular complexity index is 1110. The lowest BCUT2D eigenvalue weighted by atomic mass is 10.0. The van der Waals surface area contributed by atoms with Gasteiger partial charge in [-0.25, -0.2) is 9.07 Å². The minimum atomic E-state index is -0.377. The maximum Gasteiger partial charge on any atom is 0.123 e. The molecule has 0 spiro atoms. The number of allylic oxidation sites excluding steroid dienone is 1. The lowest BCUT2D eigenvalue weighted by Gasteiger charge is -2.29. The molecule has 0 amide bonds. The van der Waals surface area contributed by atoms with E-state index in [1.807, 2.05) is 18.2 Å². The zero-order valence-electron chi connectivity index (χ0n) is 21.0. The second-order valence-corrected chi connectivity index (χ2v) is 9.55. The summed E-state index contributed by atoms with van der Waals surface area (Å²) in [7, 11) is 0. The Morgan fingerprint density at radius 1 is 1.17 bits per heavy atom. The van der Waals surface area contributed by atoms with Gasteiger partial charge in [0.15, 0.2) is 0 Å². The highest BCUT2D eigenvalue weighted by Gasteiger charge is 2.27. The number of hydrogen-bond acceptors (Lipinski definition) is 4. The molecule has 1 aromatic heterocycles. The van der Waals surface area contributed by atoms with Gasteiger partial charge in [0.2, 0.25) is 0 Å². The van der Waals surface area contributed by atoms with E-state index < -0.39 is 0 Å². The van der Waals surface area contributed by atoms with Crippen LogP contribution in [-0.2, 0) is 26.1 Å². The Hall–Kier alpha value is -2.80. The molecule has 1 aliphatic heterocycles. The zero-order chi connectivity index (χ0) is 24.8. The molecule has 6 heteroatoms. The summed E-state index contributed by atoms with van der Waals surface area (Å²) in [5, 5.41) is 15.6. The Morgan fingerprint density at radius 2 is 1.91 bits per heavy atom. The quantitative estimate of drug-likeness (QED) is 0.395. The minimum Gasteiger partial charge on any atom is -0.392 e. The van der Waals surface area contributed by atoms with Gasteiger partial charge < -0.3 is 5.11 Å². The number of hydrogen-bond donors (Lipinski definition) is 1. The summed E-state index contributed by atoms with van der Waals surface area (Å²) in [6.07, 6.45) is 3.92. The van der Waals surface area contributed by atoms with E-state index in [1.54, 1.807) is 0 Å². The summed E-state index contributed by atoms with van der Waals surface area (Å²) < 4.78 is 15.5. The van der Waals surface area contributed by atoms with E-state index >= 15 is 0 Å². The summed E-state index contributed by atoms with van der Waals surface area (Å²) in [4.78, 5) is 4.68. The average Bonchev–Trinajstić information content (AvgIpc) is 3.21. The van der Waals surface area contributed by atoms with Crippen LogP contribution in [0.1, 0.15) is 47.8 Å². The van der Waals surface area contributed by atoms with Crippen LogP contribution in [0.4, 0.5) is 4.39 Å². The Morgan fingerprint density at radius 3 is 2.60 bits per heavy atom. The molecule has 0 saturated heterocycles. The molecule has 1 atom stereocenters. The van der Waals surface area contributed by atoms with E-state index in [4.69, 9.17) is 5.10 Å². The predicted octanol–water partition coefficient (Wildman–Crippen LogP) is 5.03. The zero-order valence-corrected chi connectivity index (χ0v) is 21.0. The summed E-state index contributed by atoms with van der Waals surface area (Å²) >= 11 is 0. The summed E-state index contributed by atoms with van der Waals surface area (Å²) in [6, 6.07) is 15.3. The minimum absolute atomic E-state index is 0.203. The van der Waals surface area contributed by atoms with Crippen molar-refractivity contribution in [3.63, 3.8) is 0 Å². The maximum atomic E-state index is 13.4. The van der Waals surface area contributed by atoms with Crippen LogP contribution in [0.3, 0.4) is 0 Å². The second kappa shape index (κ2) is 11.8. The molecule has 35 heavy (non-hydrogen) atoms. The fourth-order valence-corrected chi connectivity index (χ4v) is 4.77. The Balaban J connectivity index is 1.59. The van der Waals surface area contributed by atoms with Crippen LogP contribution in [0.5, 0.6) is 0 Å². The summed E-state index contributed by atoms with van der Waals surface area (Å²) in [5.41, 5.74) is 7.04. The van der Waals surface area contributed by atoms with Crippen molar-refractivity contribution in [2.75, 3.05) is 19.6 Å². The molecule has 0 bridgehead atoms. The topological polar surface area (TPSA) is 44.5 Å². The van der Waals surface area contributed by atoms with E-state index in [0.717, 1.165) is 62.4 Å². The number of benzene rings is 2. The van der Waals surface area contributed by atoms with E-state index in [9.17, 15) is 9.50 Å². The molecule has 2 aromatic carbocycles. The van der Waals surface area contributed by atoms with Gasteiger partial charge in [-0.15, -0.1) is 6.58 Å². The van der Waals surface area contributed by atoms with E-state index in [2.05, 4.69) is 59.2 Å². The van der Waals surface area contributed by atoms with Crippen LogP contribution in [-0.4, -0.2) is 50.4 Å². The van der Waals surface area contributed by atoms with Crippen molar-refractivity contribution in [1.82, 2.24) is 19.6 Å². The molecule has 5 nitrogen and oxygen atoms in total. The standard InChI is InChI=1S/C29H37FN4O/c1-4-6-7-26(35)19-32(5-2)21-28-27-20-33(18-23-10-12-24(30)13-11-23)17-16-29(27)34(31-28)25-14-8-22(3)9-15-25/h4,8-15,26,35H,1,5-7,16-21H2,2-3H3/t26-/m0/s1. The van der Waals surface area contributed by atoms with Gasteiger partial charge in [-0.3, -0.25) is 9.80 Å². The van der Waals surface area contributed by atoms with Crippen LogP contribution < -0.4 is 0 Å². The molecular formula is C29H37FN4O. The van der Waals surface area contributed by atoms with E-state index in [-0.39, 0.29) is 11.9 Å². The van der Waals surface area contributed by atoms with Crippen molar-refractivity contribution in [2.24, 2.45) is 0 Å². The first-order valence-corrected chi connectivity index (χ1v) is 12.6. The van der Waals surface area contributed by atoms with Gasteiger partial charge >= 0.3 is 0 Å². The molecule has 0 unspecified atom stereocenters. The fraction of sp³-hybridized carbons (Fsp3) is 0.414. The number of aliphatic hydroxyl groups excluding tert-OH is 1. The predicted molar refractivity (Wildman–Crippen MR) is 139 cm³/mol. The van der Waals surface area contributed by atoms with E-state index in [1.165, 1.54) is 29.0 Å². The normalized spacial score (nSPS) is 14.8. The van der Waals surface area contributed by atoms with Crippen LogP contribution in [0.15, 0.2) is 61.2 Å². The number of nitrogens with zero attached hydrogens (tertiary/aromatic N) is 4. The molecule has 1 N–H and O–H groups in total. The SMILES string of the molecule is C=CCC[C@H](O)CN(CC)Cc1nn(-c2ccc(C)cc2)c2c1CN(Cc1ccc(F)cc1)CC2. The molecule has 1 aliphatic rings. The molecule has 0 fully saturated rings. The van der Waals surface area contributed by atoms with Gasteiger partial charge in [0, 0.05) is 44.7 Å². The summed E-state index contributed by atoms with van der Waals surface area (Å²) in [5.74, 6) is -0.203. The van der Waals surface area contributed by atoms with Crippen molar-refractivity contribution in [3.8, 4) is 5.69 Å². The van der Waals surface area contributed by atoms with Crippen LogP contribution in [0.25, 0.3) is 5.69 Å². The molecule has 0 aliphatic carbocycles. The molecule has 0 radical (unpaired) electrons. The number of aromatic nitrogens is 2. The number of aliphatic hydroxyl groups is 1. The number of halogens is 1. The molecule has 3 aromatic rings. The third-order valence-electron chi connectivity index (χ3n) is 6.81. The van der Waals surface area contributed by atoms with E-state index in [0.29, 0.717) is 13.1 Å². The first kappa shape index (κ1) is 25.3. The van der Waals surface area contributed by atoms with Gasteiger partial charge in [0.25, 0.3) is 0 Å². The van der Waals surface area contributed by atoms with Crippen molar-refractivity contribution in [1.29, 1.82) is 0 Å². The fourth-order valence-electron chi connectivity index (χ4n) is 4.77. The largest absolute Gasteiger partial charge is 0.392 e. The number of likely N-dealkylation sites (N-methyl/N-ethyl adjacent to an activating group) is 1. The van der Waals surface area contributed by atoms with Crippen molar-refractivity contribution >= 4 is 0 Å². The number of fused-ring (bicyclic) bond motifs is 1. The van der Waals surface area contributed by atoms with Gasteiger partial charge in [-0.1, -0.05) is 42.8 Å². The van der Waals surface area contributed by atoms with Crippen molar-refractivity contribution in [2.45, 2.75) is 58.8 Å². The van der Waals surface area contributed by atoms with Gasteiger partial charge in [-0.2, -0.15) is 5.10 Å². The smallest absolute Gasteiger partial charge is 0.123 e. The summed E-state index contributed by atoms with van der Waals surface area (Å²) in [6.45, 7) is 12.7. The van der Waals surface area contributed by atoms with Crippen molar-refractivity contribution < 1.29 is 9.50 Å². The lowest BCUT2D eigenvalue weighted by Crippen LogP contribution is -2.33. The highest BCUT2D eigenvalue weighted by molar-refractivity contribution is 5.40. The molecule has 2 heterocycles. The highest BCUT2D eigenvalue weighted by Crippen LogP contribution is 2.27. The number of aryl methyl sites for hydroxylation is 1. The second-order valence-electron chi connectivity index (χ2n) is 9.55. The molecule has 0 saturated carbocycles. The van der Waals surface area contributed by atoms with Gasteiger partial charge in [0.1, 0.15) is 5.82 Å². The lowest BCUT2D eigenvalue weighted by molar-refractivity contribution is 0.104. The van der Waals surface area contributed by atoms with Gasteiger partial charge in [0.05, 0.1) is 23.2 Å². The first-order valence-electron chi connectivity index (χ1n) is 12.6. The van der Waals surface area contributed by atoms with Gasteiger partial charge in [-0.05, 0) is 56.1 Å². The Labute approximate surface area is 208 Å². The van der Waals surface area contributed by atoms with Crippen molar-refractivity contribution in [3.05, 3.63) is 95.1 Å². The third-order valence-corrected chi connectivity index (χ3v) is 6.81. The third kappa shape index (κ3) is 6.45. The molecule has 4 rings (SSSR count). The Kier molecular flexibility index (Phi) is 8.50.